The van der Waals surface area contributed by atoms with Gasteiger partial charge in [-0.05, 0) is 115 Å². The Labute approximate surface area is 781 Å². The highest BCUT2D eigenvalue weighted by Crippen LogP contribution is 2.38. The number of nitro groups is 2. The number of quaternary nitrogens is 1. The largest absolute Gasteiger partial charge is 1.00 e. The number of aromatic carboxylic acids is 1. The monoisotopic (exact) mass is 2010 g/mol. The number of rotatable bonds is 20. The van der Waals surface area contributed by atoms with Gasteiger partial charge in [-0.25, -0.2) is 34.7 Å². The molecule has 0 bridgehead atoms. The molecule has 6 aliphatic heterocycles. The zero-order valence-corrected chi connectivity index (χ0v) is 77.3. The van der Waals surface area contributed by atoms with Crippen LogP contribution in [-0.4, -0.2) is 242 Å². The second kappa shape index (κ2) is 59.3. The molecule has 8 N–H and O–H groups in total. The number of amides is 1. The van der Waals surface area contributed by atoms with E-state index in [9.17, 15) is 43.0 Å². The average Bonchev–Trinajstić information content (AvgIpc) is 1.63. The smallest absolute Gasteiger partial charge is 0.435 e. The predicted molar refractivity (Wildman–Crippen MR) is 488 cm³/mol. The van der Waals surface area contributed by atoms with E-state index < -0.39 is 33.5 Å². The second-order valence-electron chi connectivity index (χ2n) is 27.1. The minimum atomic E-state index is -4.80. The lowest BCUT2D eigenvalue weighted by Crippen LogP contribution is -3.14. The quantitative estimate of drug-likeness (QED) is 0.0234. The molecule has 6 fully saturated rings. The van der Waals surface area contributed by atoms with E-state index in [-0.39, 0.29) is 108 Å². The van der Waals surface area contributed by atoms with Crippen molar-refractivity contribution in [1.82, 2.24) is 55.2 Å². The Kier molecular flexibility index (Phi) is 51.4. The minimum Gasteiger partial charge on any atom is -1.00 e. The van der Waals surface area contributed by atoms with Crippen molar-refractivity contribution in [2.75, 3.05) is 171 Å². The summed E-state index contributed by atoms with van der Waals surface area (Å²) in [5.41, 5.74) is 16.0. The number of halogens is 10. The highest BCUT2D eigenvalue weighted by atomic mass is 127. The molecular weight excluding hydrogens is 1910 g/mol. The maximum atomic E-state index is 13.6. The summed E-state index contributed by atoms with van der Waals surface area (Å²) in [5.74, 6) is -1.33. The number of thiazole rings is 2. The van der Waals surface area contributed by atoms with Gasteiger partial charge >= 0.3 is 12.1 Å². The van der Waals surface area contributed by atoms with Crippen LogP contribution in [0.1, 0.15) is 95.6 Å². The Bertz CT molecular complexity index is 4460. The molecule has 10 heterocycles. The van der Waals surface area contributed by atoms with E-state index in [1.54, 1.807) is 73.9 Å². The number of morpholine rings is 5. The van der Waals surface area contributed by atoms with Gasteiger partial charge in [-0.15, -0.1) is 46.7 Å². The second-order valence-corrected chi connectivity index (χ2v) is 31.3. The van der Waals surface area contributed by atoms with E-state index in [4.69, 9.17) is 103 Å². The molecule has 0 radical (unpaired) electrons. The number of aromatic nitrogens is 6. The van der Waals surface area contributed by atoms with Crippen LogP contribution in [0.15, 0.2) is 164 Å². The third kappa shape index (κ3) is 38.2. The fourth-order valence-electron chi connectivity index (χ4n) is 12.8. The number of ether oxygens (including phenoxy) is 6. The van der Waals surface area contributed by atoms with E-state index in [1.807, 2.05) is 48.5 Å². The van der Waals surface area contributed by atoms with Crippen LogP contribution in [0.4, 0.5) is 13.2 Å². The fraction of sp³-hybridized carbons (Fsp3) is 0.415. The zero-order valence-electron chi connectivity index (χ0n) is 67.8. The normalized spacial score (nSPS) is 16.3. The summed E-state index contributed by atoms with van der Waals surface area (Å²) in [6.07, 6.45) is 6.06. The van der Waals surface area contributed by atoms with Crippen LogP contribution in [-0.2, 0) is 34.6 Å². The lowest BCUT2D eigenvalue weighted by atomic mass is 10.0. The Morgan fingerprint density at radius 2 is 0.927 bits per heavy atom. The number of nitrogens with one attached hydrogen (secondary N) is 3. The number of nitrogens with two attached hydrogens (primary N) is 2. The molecule has 42 heteroatoms. The summed E-state index contributed by atoms with van der Waals surface area (Å²) in [4.78, 5) is 75.1. The molecule has 15 rings (SSSR count). The van der Waals surface area contributed by atoms with Crippen LogP contribution >= 0.6 is 118 Å². The molecule has 0 saturated carbocycles. The van der Waals surface area contributed by atoms with E-state index in [2.05, 4.69) is 79.5 Å². The van der Waals surface area contributed by atoms with Crippen molar-refractivity contribution in [3.8, 4) is 21.7 Å². The van der Waals surface area contributed by atoms with Gasteiger partial charge in [-0.2, -0.15) is 26.7 Å². The van der Waals surface area contributed by atoms with Crippen molar-refractivity contribution >= 4 is 136 Å². The molecule has 9 aromatic rings. The maximum absolute atomic E-state index is 13.6. The first-order chi connectivity index (χ1) is 58.5. The number of hydrogen-bond donors (Lipinski definition) is 6. The SMILES string of the molecule is C1CCOC1.C1COCCN1.Cc1nc(-c2ncccn2)sc1C(=O)O.I.NCC(c1ccc(Cl)cc1)N1CCOCC1.NC[C@H](c1ccc(Cl)cc1)N1CCOCC1.O=C(NC[C@H](c1ccc(Cl)cc1)N1CCOCC1)c1sc(-c2ncccn2)nc1C(F)(F)F.O=[N+]([O-])/C=C/c1ccc(Cl)cc1.O=[N+]([O-])CC(c1ccc(Cl)cc1)[NH+]1CCOCC1.S.[Cl-]. The summed E-state index contributed by atoms with van der Waals surface area (Å²) >= 11 is 30.9. The lowest BCUT2D eigenvalue weighted by molar-refractivity contribution is -0.946. The van der Waals surface area contributed by atoms with E-state index in [1.165, 1.54) is 53.4 Å². The number of carboxylic acid groups (broad SMARTS) is 1. The number of hydrogen-bond acceptors (Lipinski definition) is 26. The fourth-order valence-corrected chi connectivity index (χ4v) is 15.2. The highest BCUT2D eigenvalue weighted by Gasteiger charge is 2.41. The van der Waals surface area contributed by atoms with Gasteiger partial charge in [-0.1, -0.05) is 119 Å². The number of nitrogens with zero attached hydrogens (tertiary/aromatic N) is 11. The van der Waals surface area contributed by atoms with Gasteiger partial charge in [0.15, 0.2) is 33.4 Å². The summed E-state index contributed by atoms with van der Waals surface area (Å²) in [5, 5.41) is 39.3. The summed E-state index contributed by atoms with van der Waals surface area (Å²) in [6.45, 7) is 21.0. The predicted octanol–water partition coefficient (Wildman–Crippen LogP) is 10.3. The Morgan fingerprint density at radius 3 is 1.27 bits per heavy atom. The summed E-state index contributed by atoms with van der Waals surface area (Å²) in [6, 6.07) is 40.5. The van der Waals surface area contributed by atoms with Gasteiger partial charge in [0.2, 0.25) is 6.20 Å². The third-order valence-corrected chi connectivity index (χ3v) is 22.3. The van der Waals surface area contributed by atoms with Crippen molar-refractivity contribution in [3.63, 3.8) is 0 Å². The molecule has 4 aromatic heterocycles. The molecule has 5 aromatic carbocycles. The van der Waals surface area contributed by atoms with Crippen LogP contribution in [0.3, 0.4) is 0 Å². The number of carbonyl (C=O) groups is 2. The van der Waals surface area contributed by atoms with Crippen molar-refractivity contribution < 1.29 is 83.4 Å². The standard InChI is InChI=1S/C21H19ClF3N5O2S.C12H15ClN2O3.2C12H17ClN2O.C9H7N3O2S.C8H6ClNO2.C4H9NO.C4H8O.ClH.HI.H2S/c22-14-4-2-13(3-5-14)15(30-8-10-32-11-9-30)12-28-19(31)16-17(21(23,24)25)29-20(33-16)18-26-6-1-7-27-18;13-11-3-1-10(2-4-11)12(9-15(16)17)14-5-7-18-8-6-14;2*13-11-3-1-10(2-4-11)12(9-14)15-5-7-16-8-6-15;1-5-6(9(13)14)15-8(12-5)7-10-3-2-4-11-7;9-8-3-1-7(2-4-8)5-6-10(11)12;1-3-6-4-2-5-1;1-2-4-5-3-1;;;/h1-7,15H,8-12H2,(H,28,31);1-4,12H,5-9H2;2*1-4,12H,5-9,14H2;2-4H,1H3,(H,13,14);1-6H;5H,1-4H2;1-4H2;2*1H;1H2/b;;;;;6-5+;;;;;/t15-;;12-;;;;;;;;/m1.1......../s1. The molecule has 0 aliphatic carbocycles. The number of aryl methyl sites for hydroxylation is 1. The van der Waals surface area contributed by atoms with Crippen LogP contribution in [0.25, 0.3) is 27.7 Å². The van der Waals surface area contributed by atoms with Gasteiger partial charge in [0.1, 0.15) is 22.8 Å². The molecule has 6 aliphatic rings. The van der Waals surface area contributed by atoms with Gasteiger partial charge in [0.25, 0.3) is 12.5 Å². The van der Waals surface area contributed by atoms with Crippen molar-refractivity contribution in [2.24, 2.45) is 11.5 Å². The Balaban J connectivity index is 0.000000264. The van der Waals surface area contributed by atoms with Gasteiger partial charge in [-0.3, -0.25) is 39.7 Å². The number of alkyl halides is 3. The van der Waals surface area contributed by atoms with E-state index in [0.717, 1.165) is 149 Å². The molecule has 124 heavy (non-hydrogen) atoms. The maximum Gasteiger partial charge on any atom is 0.435 e. The molecule has 0 spiro atoms. The first kappa shape index (κ1) is 108. The van der Waals surface area contributed by atoms with Gasteiger partial charge in [0.05, 0.1) is 82.7 Å². The van der Waals surface area contributed by atoms with Gasteiger partial charge < -0.3 is 72.9 Å². The molecular formula is C82H102Cl6F3IN16O13S3. The molecule has 6 saturated heterocycles. The average molecular weight is 2010 g/mol. The topological polar surface area (TPSA) is 364 Å². The first-order valence-electron chi connectivity index (χ1n) is 38.9. The van der Waals surface area contributed by atoms with E-state index >= 15 is 0 Å². The molecule has 2 unspecified atom stereocenters. The summed E-state index contributed by atoms with van der Waals surface area (Å²) < 4.78 is 72.2. The van der Waals surface area contributed by atoms with Crippen molar-refractivity contribution in [1.29, 1.82) is 0 Å². The lowest BCUT2D eigenvalue weighted by Gasteiger charge is -2.35. The highest BCUT2D eigenvalue weighted by molar-refractivity contribution is 14.0. The number of carboxylic acids is 1. The van der Waals surface area contributed by atoms with Crippen LogP contribution in [0.2, 0.25) is 25.1 Å². The first-order valence-corrected chi connectivity index (χ1v) is 42.5. The van der Waals surface area contributed by atoms with Gasteiger partial charge in [0, 0.05) is 164 Å². The number of carbonyl (C=O) groups excluding carboxylic acids is 1. The Morgan fingerprint density at radius 1 is 0.565 bits per heavy atom. The van der Waals surface area contributed by atoms with Crippen LogP contribution < -0.4 is 39.4 Å². The Hall–Kier alpha value is -6.91. The zero-order chi connectivity index (χ0) is 86.7. The van der Waals surface area contributed by atoms with Crippen molar-refractivity contribution in [3.05, 3.63) is 259 Å². The molecule has 676 valence electrons. The minimum absolute atomic E-state index is 0. The molecule has 4 atom stereocenters. The van der Waals surface area contributed by atoms with Crippen molar-refractivity contribution in [2.45, 2.75) is 50.1 Å². The summed E-state index contributed by atoms with van der Waals surface area (Å²) in [7, 11) is 0. The van der Waals surface area contributed by atoms with Crippen LogP contribution in [0.5, 0.6) is 0 Å². The third-order valence-electron chi connectivity index (χ3n) is 18.9. The molecule has 1 amide bonds. The van der Waals surface area contributed by atoms with E-state index in [0.29, 0.717) is 95.5 Å². The molecule has 29 nitrogen and oxygen atoms in total. The van der Waals surface area contributed by atoms with Crippen LogP contribution in [0, 0.1) is 27.2 Å². The number of benzene rings is 5.